The van der Waals surface area contributed by atoms with Crippen LogP contribution < -0.4 is 10.6 Å². The molecule has 0 radical (unpaired) electrons. The summed E-state index contributed by atoms with van der Waals surface area (Å²) < 4.78 is 18.8. The molecule has 1 saturated carbocycles. The van der Waals surface area contributed by atoms with Crippen LogP contribution in [0, 0.1) is 18.7 Å². The summed E-state index contributed by atoms with van der Waals surface area (Å²) in [5, 5.41) is 5.56. The Labute approximate surface area is 165 Å². The van der Waals surface area contributed by atoms with Gasteiger partial charge in [-0.2, -0.15) is 0 Å². The lowest BCUT2D eigenvalue weighted by molar-refractivity contribution is -0.126. The lowest BCUT2D eigenvalue weighted by Gasteiger charge is -2.26. The molecule has 0 bridgehead atoms. The third-order valence-electron chi connectivity index (χ3n) is 5.51. The summed E-state index contributed by atoms with van der Waals surface area (Å²) in [6, 6.07) is 5.08. The van der Waals surface area contributed by atoms with E-state index in [1.807, 2.05) is 6.07 Å². The largest absolute Gasteiger partial charge is 0.379 e. The van der Waals surface area contributed by atoms with Gasteiger partial charge in [0.05, 0.1) is 19.8 Å². The molecule has 1 aromatic rings. The van der Waals surface area contributed by atoms with Gasteiger partial charge in [0.2, 0.25) is 11.8 Å². The molecule has 2 amide bonds. The Morgan fingerprint density at radius 2 is 1.96 bits per heavy atom. The fourth-order valence-corrected chi connectivity index (χ4v) is 3.65. The summed E-state index contributed by atoms with van der Waals surface area (Å²) in [6.45, 7) is 6.33. The van der Waals surface area contributed by atoms with Crippen LogP contribution in [0.4, 0.5) is 4.39 Å². The number of carbonyl (C=O) groups excluding carboxylic acids is 2. The maximum atomic E-state index is 13.5. The Hall–Kier alpha value is -1.99. The SMILES string of the molecule is Cc1cc(C(CC(=O)NCC(=O)NCCN2CCOCC2)C2CC2)ccc1F. The number of hydrogen-bond donors (Lipinski definition) is 2. The van der Waals surface area contributed by atoms with Crippen LogP contribution in [0.2, 0.25) is 0 Å². The fourth-order valence-electron chi connectivity index (χ4n) is 3.65. The number of aryl methyl sites for hydroxylation is 1. The van der Waals surface area contributed by atoms with Crippen LogP contribution in [0.15, 0.2) is 18.2 Å². The third-order valence-corrected chi connectivity index (χ3v) is 5.51. The molecule has 1 atom stereocenters. The second-order valence-corrected chi connectivity index (χ2v) is 7.74. The van der Waals surface area contributed by atoms with Crippen molar-refractivity contribution in [2.24, 2.45) is 5.92 Å². The molecule has 1 heterocycles. The molecular weight excluding hydrogens is 361 g/mol. The van der Waals surface area contributed by atoms with Crippen LogP contribution in [0.5, 0.6) is 0 Å². The van der Waals surface area contributed by atoms with E-state index in [-0.39, 0.29) is 30.1 Å². The van der Waals surface area contributed by atoms with Crippen LogP contribution in [-0.4, -0.2) is 62.7 Å². The number of nitrogens with zero attached hydrogens (tertiary/aromatic N) is 1. The zero-order valence-electron chi connectivity index (χ0n) is 16.5. The van der Waals surface area contributed by atoms with E-state index in [2.05, 4.69) is 15.5 Å². The standard InChI is InChI=1S/C21H30FN3O3/c1-15-12-17(4-5-19(15)22)18(16-2-3-16)13-20(26)24-14-21(27)23-6-7-25-8-10-28-11-9-25/h4-5,12,16,18H,2-3,6-11,13-14H2,1H3,(H,23,27)(H,24,26). The molecule has 0 aromatic heterocycles. The molecule has 2 N–H and O–H groups in total. The highest BCUT2D eigenvalue weighted by molar-refractivity contribution is 5.85. The number of amides is 2. The van der Waals surface area contributed by atoms with Gasteiger partial charge in [-0.15, -0.1) is 0 Å². The van der Waals surface area contributed by atoms with Gasteiger partial charge in [-0.1, -0.05) is 12.1 Å². The molecule has 6 nitrogen and oxygen atoms in total. The second-order valence-electron chi connectivity index (χ2n) is 7.74. The minimum absolute atomic E-state index is 0.0121. The average Bonchev–Trinajstić information content (AvgIpc) is 3.53. The van der Waals surface area contributed by atoms with Gasteiger partial charge >= 0.3 is 0 Å². The number of nitrogens with one attached hydrogen (secondary N) is 2. The molecule has 1 saturated heterocycles. The topological polar surface area (TPSA) is 70.7 Å². The molecule has 2 fully saturated rings. The highest BCUT2D eigenvalue weighted by Gasteiger charge is 2.33. The number of morpholine rings is 1. The van der Waals surface area contributed by atoms with Gasteiger partial charge in [0, 0.05) is 32.6 Å². The minimum atomic E-state index is -0.225. The van der Waals surface area contributed by atoms with Gasteiger partial charge < -0.3 is 15.4 Å². The highest BCUT2D eigenvalue weighted by Crippen LogP contribution is 2.44. The van der Waals surface area contributed by atoms with E-state index in [9.17, 15) is 14.0 Å². The summed E-state index contributed by atoms with van der Waals surface area (Å²) in [4.78, 5) is 26.6. The van der Waals surface area contributed by atoms with Gasteiger partial charge in [-0.05, 0) is 48.8 Å². The zero-order chi connectivity index (χ0) is 19.9. The molecule has 1 unspecified atom stereocenters. The molecule has 0 spiro atoms. The summed E-state index contributed by atoms with van der Waals surface area (Å²) in [5.74, 6) is 0.0163. The van der Waals surface area contributed by atoms with Crippen molar-refractivity contribution >= 4 is 11.8 Å². The summed E-state index contributed by atoms with van der Waals surface area (Å²) in [6.07, 6.45) is 2.52. The van der Waals surface area contributed by atoms with Crippen LogP contribution in [0.25, 0.3) is 0 Å². The number of halogens is 1. The number of ether oxygens (including phenoxy) is 1. The van der Waals surface area contributed by atoms with Gasteiger partial charge in [-0.3, -0.25) is 14.5 Å². The summed E-state index contributed by atoms with van der Waals surface area (Å²) in [7, 11) is 0. The number of hydrogen-bond acceptors (Lipinski definition) is 4. The van der Waals surface area contributed by atoms with Crippen molar-refractivity contribution in [3.8, 4) is 0 Å². The van der Waals surface area contributed by atoms with E-state index < -0.39 is 0 Å². The van der Waals surface area contributed by atoms with Crippen molar-refractivity contribution in [1.82, 2.24) is 15.5 Å². The third kappa shape index (κ3) is 6.27. The van der Waals surface area contributed by atoms with Crippen molar-refractivity contribution in [3.05, 3.63) is 35.1 Å². The number of benzene rings is 1. The molecule has 1 aliphatic heterocycles. The van der Waals surface area contributed by atoms with Crippen LogP contribution in [0.3, 0.4) is 0 Å². The van der Waals surface area contributed by atoms with E-state index >= 15 is 0 Å². The smallest absolute Gasteiger partial charge is 0.239 e. The first-order chi connectivity index (χ1) is 13.5. The van der Waals surface area contributed by atoms with Gasteiger partial charge in [0.15, 0.2) is 0 Å². The lowest BCUT2D eigenvalue weighted by Crippen LogP contribution is -2.43. The molecule has 3 rings (SSSR count). The van der Waals surface area contributed by atoms with E-state index in [0.29, 0.717) is 24.4 Å². The molecule has 1 aromatic carbocycles. The monoisotopic (exact) mass is 391 g/mol. The normalized spacial score (nSPS) is 18.5. The van der Waals surface area contributed by atoms with Crippen molar-refractivity contribution < 1.29 is 18.7 Å². The van der Waals surface area contributed by atoms with E-state index in [4.69, 9.17) is 4.74 Å². The van der Waals surface area contributed by atoms with Crippen molar-refractivity contribution in [1.29, 1.82) is 0 Å². The van der Waals surface area contributed by atoms with Crippen LogP contribution >= 0.6 is 0 Å². The maximum Gasteiger partial charge on any atom is 0.239 e. The number of carbonyl (C=O) groups is 2. The predicted octanol–water partition coefficient (Wildman–Crippen LogP) is 1.58. The second kappa shape index (κ2) is 9.98. The molecule has 154 valence electrons. The molecule has 1 aliphatic carbocycles. The van der Waals surface area contributed by atoms with Gasteiger partial charge in [0.1, 0.15) is 5.82 Å². The van der Waals surface area contributed by atoms with E-state index in [1.165, 1.54) is 6.07 Å². The Balaban J connectivity index is 1.39. The Bertz CT molecular complexity index is 687. The van der Waals surface area contributed by atoms with E-state index in [1.54, 1.807) is 13.0 Å². The first kappa shape index (κ1) is 20.7. The van der Waals surface area contributed by atoms with E-state index in [0.717, 1.165) is 51.3 Å². The van der Waals surface area contributed by atoms with Gasteiger partial charge in [0.25, 0.3) is 0 Å². The van der Waals surface area contributed by atoms with Crippen molar-refractivity contribution in [2.45, 2.75) is 32.1 Å². The zero-order valence-corrected chi connectivity index (χ0v) is 16.5. The van der Waals surface area contributed by atoms with Gasteiger partial charge in [-0.25, -0.2) is 4.39 Å². The molecular formula is C21H30FN3O3. The molecule has 28 heavy (non-hydrogen) atoms. The first-order valence-electron chi connectivity index (χ1n) is 10.1. The molecule has 2 aliphatic rings. The molecule has 7 heteroatoms. The Morgan fingerprint density at radius 1 is 1.21 bits per heavy atom. The first-order valence-corrected chi connectivity index (χ1v) is 10.1. The Morgan fingerprint density at radius 3 is 2.64 bits per heavy atom. The van der Waals surface area contributed by atoms with Crippen LogP contribution in [0.1, 0.15) is 36.3 Å². The fraction of sp³-hybridized carbons (Fsp3) is 0.619. The highest BCUT2D eigenvalue weighted by atomic mass is 19.1. The van der Waals surface area contributed by atoms with Crippen LogP contribution in [-0.2, 0) is 14.3 Å². The minimum Gasteiger partial charge on any atom is -0.379 e. The average molecular weight is 391 g/mol. The summed E-state index contributed by atoms with van der Waals surface area (Å²) in [5.41, 5.74) is 1.61. The number of rotatable bonds is 9. The summed E-state index contributed by atoms with van der Waals surface area (Å²) >= 11 is 0. The van der Waals surface area contributed by atoms with Crippen molar-refractivity contribution in [3.63, 3.8) is 0 Å². The van der Waals surface area contributed by atoms with Crippen molar-refractivity contribution in [2.75, 3.05) is 45.9 Å². The maximum absolute atomic E-state index is 13.5. The predicted molar refractivity (Wildman–Crippen MR) is 104 cm³/mol. The quantitative estimate of drug-likeness (QED) is 0.671. The lowest BCUT2D eigenvalue weighted by atomic mass is 9.89. The Kier molecular flexibility index (Phi) is 7.39.